The third-order valence-corrected chi connectivity index (χ3v) is 9.72. The zero-order chi connectivity index (χ0) is 36.4. The summed E-state index contributed by atoms with van der Waals surface area (Å²) in [5.74, 6) is -0.593. The van der Waals surface area contributed by atoms with Crippen LogP contribution in [0.25, 0.3) is 0 Å². The van der Waals surface area contributed by atoms with Crippen molar-refractivity contribution in [3.8, 4) is 0 Å². The molecule has 0 aliphatic carbocycles. The highest BCUT2D eigenvalue weighted by atomic mass is 16.6. The summed E-state index contributed by atoms with van der Waals surface area (Å²) in [6.45, 7) is 4.14. The van der Waals surface area contributed by atoms with E-state index in [4.69, 9.17) is 9.47 Å². The fraction of sp³-hybridized carbons (Fsp3) is 0.867. The number of unbranched alkanes of at least 4 members (excludes halogenated alkanes) is 28. The van der Waals surface area contributed by atoms with Gasteiger partial charge in [0, 0.05) is 12.8 Å². The first-order valence-corrected chi connectivity index (χ1v) is 21.9. The molecule has 0 fully saturated rings. The van der Waals surface area contributed by atoms with Crippen LogP contribution in [0.4, 0.5) is 0 Å². The predicted octanol–water partition coefficient (Wildman–Crippen LogP) is 13.8. The minimum absolute atomic E-state index is 0.0670. The maximum Gasteiger partial charge on any atom is 0.306 e. The average molecular weight is 705 g/mol. The molecule has 0 bridgehead atoms. The third kappa shape index (κ3) is 39.2. The first-order chi connectivity index (χ1) is 24.6. The number of hydrogen-bond donors (Lipinski definition) is 1. The Bertz CT molecular complexity index is 761. The molecule has 294 valence electrons. The number of esters is 2. The predicted molar refractivity (Wildman–Crippen MR) is 215 cm³/mol. The Labute approximate surface area is 311 Å². The van der Waals surface area contributed by atoms with Crippen LogP contribution in [0.2, 0.25) is 0 Å². The molecule has 0 saturated carbocycles. The fourth-order valence-electron chi connectivity index (χ4n) is 6.37. The summed E-state index contributed by atoms with van der Waals surface area (Å²) < 4.78 is 10.6. The first-order valence-electron chi connectivity index (χ1n) is 21.9. The molecule has 0 aromatic rings. The van der Waals surface area contributed by atoms with Crippen LogP contribution < -0.4 is 0 Å². The number of ether oxygens (including phenoxy) is 2. The van der Waals surface area contributed by atoms with Gasteiger partial charge < -0.3 is 14.6 Å². The largest absolute Gasteiger partial charge is 0.462 e. The summed E-state index contributed by atoms with van der Waals surface area (Å²) in [5, 5.41) is 9.58. The molecule has 5 heteroatoms. The SMILES string of the molecule is CCCCCCCCC=CCCCCCCCCCCCCCC(=O)O[C@@H](CO)COC(=O)CCCCCCCC=CCCCCCCCC. The molecule has 1 atom stereocenters. The van der Waals surface area contributed by atoms with Crippen molar-refractivity contribution in [2.45, 2.75) is 238 Å². The molecular weight excluding hydrogens is 620 g/mol. The number of aliphatic hydroxyl groups excluding tert-OH is 1. The molecule has 50 heavy (non-hydrogen) atoms. The van der Waals surface area contributed by atoms with Crippen LogP contribution in [0.3, 0.4) is 0 Å². The average Bonchev–Trinajstić information content (AvgIpc) is 3.12. The summed E-state index contributed by atoms with van der Waals surface area (Å²) in [4.78, 5) is 24.3. The van der Waals surface area contributed by atoms with Crippen molar-refractivity contribution >= 4 is 11.9 Å². The van der Waals surface area contributed by atoms with E-state index in [1.54, 1.807) is 0 Å². The highest BCUT2D eigenvalue weighted by molar-refractivity contribution is 5.70. The van der Waals surface area contributed by atoms with Gasteiger partial charge in [0.05, 0.1) is 6.61 Å². The van der Waals surface area contributed by atoms with Crippen molar-refractivity contribution in [1.29, 1.82) is 0 Å². The minimum Gasteiger partial charge on any atom is -0.462 e. The molecule has 0 aromatic carbocycles. The molecule has 0 aliphatic rings. The molecule has 0 rings (SSSR count). The Balaban J connectivity index is 3.51. The molecule has 0 unspecified atom stereocenters. The third-order valence-electron chi connectivity index (χ3n) is 9.72. The van der Waals surface area contributed by atoms with Crippen molar-refractivity contribution < 1.29 is 24.2 Å². The van der Waals surface area contributed by atoms with E-state index in [9.17, 15) is 14.7 Å². The molecule has 0 saturated heterocycles. The van der Waals surface area contributed by atoms with Gasteiger partial charge in [0.1, 0.15) is 6.61 Å². The van der Waals surface area contributed by atoms with Crippen LogP contribution in [0.5, 0.6) is 0 Å². The Kier molecular flexibility index (Phi) is 40.4. The molecular formula is C45H84O5. The standard InChI is InChI=1S/C45H84O5/c1-3-5-7-9-11-13-15-17-19-20-21-22-23-24-26-28-30-32-34-36-38-40-45(48)50-43(41-46)42-49-44(47)39-37-35-33-31-29-27-25-18-16-14-12-10-8-6-4-2/h17-19,25,43,46H,3-16,20-24,26-42H2,1-2H3/t43-/m0/s1. The van der Waals surface area contributed by atoms with Crippen molar-refractivity contribution in [3.05, 3.63) is 24.3 Å². The van der Waals surface area contributed by atoms with Crippen LogP contribution in [0.15, 0.2) is 24.3 Å². The number of rotatable bonds is 40. The summed E-state index contributed by atoms with van der Waals surface area (Å²) in [6.07, 6.45) is 49.6. The van der Waals surface area contributed by atoms with Gasteiger partial charge in [-0.25, -0.2) is 0 Å². The minimum atomic E-state index is -0.771. The van der Waals surface area contributed by atoms with E-state index >= 15 is 0 Å². The van der Waals surface area contributed by atoms with E-state index in [1.807, 2.05) is 0 Å². The molecule has 0 heterocycles. The van der Waals surface area contributed by atoms with Crippen molar-refractivity contribution in [1.82, 2.24) is 0 Å². The number of carbonyl (C=O) groups is 2. The number of carbonyl (C=O) groups excluding carboxylic acids is 2. The lowest BCUT2D eigenvalue weighted by Gasteiger charge is -2.15. The molecule has 0 radical (unpaired) electrons. The van der Waals surface area contributed by atoms with Gasteiger partial charge in [-0.15, -0.1) is 0 Å². The second kappa shape index (κ2) is 41.8. The van der Waals surface area contributed by atoms with E-state index in [2.05, 4.69) is 38.2 Å². The lowest BCUT2D eigenvalue weighted by Crippen LogP contribution is -2.28. The maximum atomic E-state index is 12.2. The Morgan fingerprint density at radius 1 is 0.440 bits per heavy atom. The van der Waals surface area contributed by atoms with E-state index in [0.29, 0.717) is 12.8 Å². The molecule has 0 spiro atoms. The van der Waals surface area contributed by atoms with Gasteiger partial charge in [0.15, 0.2) is 6.10 Å². The maximum absolute atomic E-state index is 12.2. The fourth-order valence-corrected chi connectivity index (χ4v) is 6.37. The second-order valence-electron chi connectivity index (χ2n) is 14.8. The molecule has 0 aromatic heterocycles. The van der Waals surface area contributed by atoms with Gasteiger partial charge in [-0.2, -0.15) is 0 Å². The van der Waals surface area contributed by atoms with Crippen LogP contribution in [-0.2, 0) is 19.1 Å². The van der Waals surface area contributed by atoms with Gasteiger partial charge >= 0.3 is 11.9 Å². The van der Waals surface area contributed by atoms with E-state index in [0.717, 1.165) is 44.9 Å². The monoisotopic (exact) mass is 705 g/mol. The lowest BCUT2D eigenvalue weighted by molar-refractivity contribution is -0.161. The quantitative estimate of drug-likeness (QED) is 0.0390. The highest BCUT2D eigenvalue weighted by Gasteiger charge is 2.16. The summed E-state index contributed by atoms with van der Waals surface area (Å²) >= 11 is 0. The van der Waals surface area contributed by atoms with Crippen molar-refractivity contribution in [3.63, 3.8) is 0 Å². The smallest absolute Gasteiger partial charge is 0.306 e. The normalized spacial score (nSPS) is 12.3. The molecule has 0 amide bonds. The Hall–Kier alpha value is -1.62. The molecule has 1 N–H and O–H groups in total. The Morgan fingerprint density at radius 3 is 1.08 bits per heavy atom. The van der Waals surface area contributed by atoms with Crippen LogP contribution in [-0.4, -0.2) is 36.4 Å². The zero-order valence-corrected chi connectivity index (χ0v) is 33.4. The van der Waals surface area contributed by atoms with Crippen LogP contribution in [0, 0.1) is 0 Å². The summed E-state index contributed by atoms with van der Waals surface area (Å²) in [6, 6.07) is 0. The van der Waals surface area contributed by atoms with E-state index < -0.39 is 6.10 Å². The lowest BCUT2D eigenvalue weighted by atomic mass is 10.0. The summed E-state index contributed by atoms with van der Waals surface area (Å²) in [7, 11) is 0. The van der Waals surface area contributed by atoms with Gasteiger partial charge in [-0.1, -0.05) is 179 Å². The van der Waals surface area contributed by atoms with Gasteiger partial charge in [0.2, 0.25) is 0 Å². The van der Waals surface area contributed by atoms with Crippen molar-refractivity contribution in [2.24, 2.45) is 0 Å². The van der Waals surface area contributed by atoms with Crippen LogP contribution in [0.1, 0.15) is 232 Å². The zero-order valence-electron chi connectivity index (χ0n) is 33.4. The van der Waals surface area contributed by atoms with Gasteiger partial charge in [-0.3, -0.25) is 9.59 Å². The molecule has 5 nitrogen and oxygen atoms in total. The van der Waals surface area contributed by atoms with E-state index in [1.165, 1.54) is 161 Å². The van der Waals surface area contributed by atoms with E-state index in [-0.39, 0.29) is 25.2 Å². The Morgan fingerprint density at radius 2 is 0.740 bits per heavy atom. The molecule has 0 aliphatic heterocycles. The number of aliphatic hydroxyl groups is 1. The van der Waals surface area contributed by atoms with Crippen molar-refractivity contribution in [2.75, 3.05) is 13.2 Å². The van der Waals surface area contributed by atoms with Gasteiger partial charge in [0.25, 0.3) is 0 Å². The number of hydrogen-bond acceptors (Lipinski definition) is 5. The van der Waals surface area contributed by atoms with Crippen LogP contribution >= 0.6 is 0 Å². The van der Waals surface area contributed by atoms with Gasteiger partial charge in [-0.05, 0) is 64.2 Å². The first kappa shape index (κ1) is 48.4. The topological polar surface area (TPSA) is 72.8 Å². The summed E-state index contributed by atoms with van der Waals surface area (Å²) in [5.41, 5.74) is 0. The number of allylic oxidation sites excluding steroid dienone is 4. The highest BCUT2D eigenvalue weighted by Crippen LogP contribution is 2.14. The second-order valence-corrected chi connectivity index (χ2v) is 14.8.